The number of carbonyl (C=O) groups excluding carboxylic acids is 3. The maximum atomic E-state index is 12.7. The van der Waals surface area contributed by atoms with Crippen LogP contribution in [-0.2, 0) is 28.6 Å². The largest absolute Gasteiger partial charge is 0.462 e. The van der Waals surface area contributed by atoms with E-state index in [0.717, 1.165) is 89.9 Å². The van der Waals surface area contributed by atoms with Gasteiger partial charge in [-0.15, -0.1) is 0 Å². The third kappa shape index (κ3) is 46.3. The number of hydrogen-bond acceptors (Lipinski definition) is 6. The number of allylic oxidation sites excluding steroid dienone is 8. The number of ether oxygens (including phenoxy) is 3. The van der Waals surface area contributed by atoms with E-state index >= 15 is 0 Å². The van der Waals surface area contributed by atoms with Gasteiger partial charge in [-0.1, -0.05) is 204 Å². The molecule has 6 nitrogen and oxygen atoms in total. The first-order valence-corrected chi connectivity index (χ1v) is 25.1. The normalized spacial score (nSPS) is 12.4. The fourth-order valence-corrected chi connectivity index (χ4v) is 6.96. The summed E-state index contributed by atoms with van der Waals surface area (Å²) in [6, 6.07) is 0. The van der Waals surface area contributed by atoms with Crippen LogP contribution in [0.15, 0.2) is 48.6 Å². The minimum Gasteiger partial charge on any atom is -0.462 e. The molecule has 0 aromatic rings. The molecule has 0 aliphatic carbocycles. The van der Waals surface area contributed by atoms with E-state index in [1.165, 1.54) is 122 Å². The second-order valence-corrected chi connectivity index (χ2v) is 16.7. The Kier molecular flexibility index (Phi) is 45.9. The van der Waals surface area contributed by atoms with Crippen LogP contribution in [0, 0.1) is 0 Å². The van der Waals surface area contributed by atoms with Crippen LogP contribution in [0.25, 0.3) is 0 Å². The van der Waals surface area contributed by atoms with Crippen molar-refractivity contribution in [2.45, 2.75) is 258 Å². The lowest BCUT2D eigenvalue weighted by Gasteiger charge is -2.18. The maximum absolute atomic E-state index is 12.7. The lowest BCUT2D eigenvalue weighted by atomic mass is 10.1. The monoisotopic (exact) mass is 827 g/mol. The van der Waals surface area contributed by atoms with E-state index in [1.54, 1.807) is 0 Å². The molecule has 0 aliphatic rings. The van der Waals surface area contributed by atoms with Crippen molar-refractivity contribution in [3.05, 3.63) is 48.6 Å². The van der Waals surface area contributed by atoms with Gasteiger partial charge < -0.3 is 14.2 Å². The second kappa shape index (κ2) is 48.0. The van der Waals surface area contributed by atoms with Crippen molar-refractivity contribution in [1.29, 1.82) is 0 Å². The van der Waals surface area contributed by atoms with Gasteiger partial charge in [0.25, 0.3) is 0 Å². The molecule has 0 saturated heterocycles. The van der Waals surface area contributed by atoms with E-state index in [1.807, 2.05) is 0 Å². The Morgan fingerprint density at radius 3 is 0.983 bits per heavy atom. The van der Waals surface area contributed by atoms with Gasteiger partial charge in [0, 0.05) is 19.3 Å². The minimum absolute atomic E-state index is 0.0800. The molecule has 0 rings (SSSR count). The lowest BCUT2D eigenvalue weighted by molar-refractivity contribution is -0.167. The number of rotatable bonds is 45. The average molecular weight is 827 g/mol. The molecule has 0 aromatic carbocycles. The van der Waals surface area contributed by atoms with E-state index in [9.17, 15) is 14.4 Å². The Morgan fingerprint density at radius 1 is 0.339 bits per heavy atom. The minimum atomic E-state index is -0.777. The zero-order chi connectivity index (χ0) is 43.0. The molecular weight excluding hydrogens is 733 g/mol. The predicted molar refractivity (Wildman–Crippen MR) is 252 cm³/mol. The molecule has 0 heterocycles. The van der Waals surface area contributed by atoms with E-state index < -0.39 is 6.10 Å². The molecule has 59 heavy (non-hydrogen) atoms. The Labute approximate surface area is 365 Å². The Bertz CT molecular complexity index is 1040. The molecule has 0 spiro atoms. The van der Waals surface area contributed by atoms with Crippen LogP contribution in [0.4, 0.5) is 0 Å². The Balaban J connectivity index is 4.20. The summed E-state index contributed by atoms with van der Waals surface area (Å²) < 4.78 is 16.7. The van der Waals surface area contributed by atoms with Crippen molar-refractivity contribution in [3.8, 4) is 0 Å². The fourth-order valence-electron chi connectivity index (χ4n) is 6.96. The summed E-state index contributed by atoms with van der Waals surface area (Å²) >= 11 is 0. The van der Waals surface area contributed by atoms with Gasteiger partial charge in [-0.25, -0.2) is 0 Å². The van der Waals surface area contributed by atoms with Crippen LogP contribution < -0.4 is 0 Å². The first-order valence-electron chi connectivity index (χ1n) is 25.1. The summed E-state index contributed by atoms with van der Waals surface area (Å²) in [5.74, 6) is -0.904. The van der Waals surface area contributed by atoms with Gasteiger partial charge in [0.05, 0.1) is 0 Å². The van der Waals surface area contributed by atoms with Crippen molar-refractivity contribution < 1.29 is 28.6 Å². The zero-order valence-corrected chi connectivity index (χ0v) is 39.0. The van der Waals surface area contributed by atoms with Crippen LogP contribution in [-0.4, -0.2) is 37.2 Å². The Hall–Kier alpha value is -2.63. The van der Waals surface area contributed by atoms with Crippen molar-refractivity contribution in [2.75, 3.05) is 13.2 Å². The molecule has 0 N–H and O–H groups in total. The molecule has 6 heteroatoms. The number of carbonyl (C=O) groups is 3. The van der Waals surface area contributed by atoms with Crippen molar-refractivity contribution in [1.82, 2.24) is 0 Å². The zero-order valence-electron chi connectivity index (χ0n) is 39.0. The first kappa shape index (κ1) is 56.4. The maximum Gasteiger partial charge on any atom is 0.306 e. The molecular formula is C53H94O6. The molecule has 0 radical (unpaired) electrons. The second-order valence-electron chi connectivity index (χ2n) is 16.7. The quantitative estimate of drug-likeness (QED) is 0.0263. The summed E-state index contributed by atoms with van der Waals surface area (Å²) in [5.41, 5.74) is 0. The summed E-state index contributed by atoms with van der Waals surface area (Å²) in [6.07, 6.45) is 56.9. The average Bonchev–Trinajstić information content (AvgIpc) is 3.23. The van der Waals surface area contributed by atoms with Crippen molar-refractivity contribution in [2.24, 2.45) is 0 Å². The summed E-state index contributed by atoms with van der Waals surface area (Å²) in [6.45, 7) is 6.52. The van der Waals surface area contributed by atoms with Crippen LogP contribution in [0.3, 0.4) is 0 Å². The molecule has 0 bridgehead atoms. The number of unbranched alkanes of at least 4 members (excludes halogenated alkanes) is 26. The summed E-state index contributed by atoms with van der Waals surface area (Å²) in [4.78, 5) is 37.7. The molecule has 1 unspecified atom stereocenters. The van der Waals surface area contributed by atoms with E-state index in [0.29, 0.717) is 19.3 Å². The molecule has 0 fully saturated rings. The third-order valence-corrected chi connectivity index (χ3v) is 10.8. The SMILES string of the molecule is CCCC/C=C\C/C=C\CCCCCCCC(=O)OC(COC(=O)CCCCCCCC)COC(=O)CCCCCCCCCCC/C=C\C/C=C\CCCCCCC. The van der Waals surface area contributed by atoms with E-state index in [4.69, 9.17) is 14.2 Å². The Morgan fingerprint density at radius 2 is 0.627 bits per heavy atom. The van der Waals surface area contributed by atoms with Gasteiger partial charge in [-0.2, -0.15) is 0 Å². The molecule has 1 atom stereocenters. The van der Waals surface area contributed by atoms with Gasteiger partial charge >= 0.3 is 17.9 Å². The van der Waals surface area contributed by atoms with Gasteiger partial charge in [0.1, 0.15) is 13.2 Å². The third-order valence-electron chi connectivity index (χ3n) is 10.8. The van der Waals surface area contributed by atoms with Gasteiger partial charge in [0.15, 0.2) is 6.10 Å². The molecule has 0 aliphatic heterocycles. The number of esters is 3. The van der Waals surface area contributed by atoms with E-state index in [-0.39, 0.29) is 31.1 Å². The molecule has 0 amide bonds. The standard InChI is InChI=1S/C53H94O6/c1-4-7-10-13-16-18-20-22-24-25-26-27-28-29-30-32-33-35-37-40-43-46-52(55)58-49-50(48-57-51(54)45-42-39-15-12-9-6-3)59-53(56)47-44-41-38-36-34-31-23-21-19-17-14-11-8-5-2/h14,17,20-23,25-26,50H,4-13,15-16,18-19,24,27-49H2,1-3H3/b17-14-,22-20-,23-21-,26-25-. The highest BCUT2D eigenvalue weighted by Crippen LogP contribution is 2.14. The highest BCUT2D eigenvalue weighted by molar-refractivity contribution is 5.71. The van der Waals surface area contributed by atoms with Crippen molar-refractivity contribution in [3.63, 3.8) is 0 Å². The predicted octanol–water partition coefficient (Wildman–Crippen LogP) is 16.3. The molecule has 342 valence electrons. The number of hydrogen-bond donors (Lipinski definition) is 0. The van der Waals surface area contributed by atoms with Gasteiger partial charge in [0.2, 0.25) is 0 Å². The highest BCUT2D eigenvalue weighted by atomic mass is 16.6. The molecule has 0 aromatic heterocycles. The van der Waals surface area contributed by atoms with Gasteiger partial charge in [-0.3, -0.25) is 14.4 Å². The summed E-state index contributed by atoms with van der Waals surface area (Å²) in [5, 5.41) is 0. The van der Waals surface area contributed by atoms with E-state index in [2.05, 4.69) is 69.4 Å². The van der Waals surface area contributed by atoms with Crippen LogP contribution >= 0.6 is 0 Å². The van der Waals surface area contributed by atoms with Crippen molar-refractivity contribution >= 4 is 17.9 Å². The fraction of sp³-hybridized carbons (Fsp3) is 0.792. The first-order chi connectivity index (χ1) is 29.0. The van der Waals surface area contributed by atoms with Gasteiger partial charge in [-0.05, 0) is 77.0 Å². The van der Waals surface area contributed by atoms with Crippen LogP contribution in [0.5, 0.6) is 0 Å². The van der Waals surface area contributed by atoms with Crippen LogP contribution in [0.2, 0.25) is 0 Å². The topological polar surface area (TPSA) is 78.9 Å². The summed E-state index contributed by atoms with van der Waals surface area (Å²) in [7, 11) is 0. The molecule has 0 saturated carbocycles. The smallest absolute Gasteiger partial charge is 0.306 e. The van der Waals surface area contributed by atoms with Crippen LogP contribution in [0.1, 0.15) is 252 Å². The lowest BCUT2D eigenvalue weighted by Crippen LogP contribution is -2.30. The highest BCUT2D eigenvalue weighted by Gasteiger charge is 2.19.